The van der Waals surface area contributed by atoms with E-state index in [2.05, 4.69) is 31.0 Å². The van der Waals surface area contributed by atoms with Gasteiger partial charge >= 0.3 is 0 Å². The molecule has 0 aliphatic carbocycles. The van der Waals surface area contributed by atoms with E-state index in [0.717, 1.165) is 10.7 Å². The lowest BCUT2D eigenvalue weighted by molar-refractivity contribution is -0.384. The summed E-state index contributed by atoms with van der Waals surface area (Å²) in [5, 5.41) is 17.6. The summed E-state index contributed by atoms with van der Waals surface area (Å²) in [7, 11) is -2.67. The average Bonchev–Trinajstić information content (AvgIpc) is 2.71. The predicted molar refractivity (Wildman–Crippen MR) is 77.6 cm³/mol. The monoisotopic (exact) mass is 395 g/mol. The van der Waals surface area contributed by atoms with Crippen LogP contribution in [-0.4, -0.2) is 28.3 Å². The molecule has 1 aromatic heterocycles. The molecule has 0 bridgehead atoms. The number of hydrogen-bond acceptors (Lipinski definition) is 6. The Bertz CT molecular complexity index is 802. The number of nitro groups is 1. The third-order valence-electron chi connectivity index (χ3n) is 2.40. The molecule has 0 spiro atoms. The van der Waals surface area contributed by atoms with Gasteiger partial charge in [0.1, 0.15) is 0 Å². The van der Waals surface area contributed by atoms with Crippen molar-refractivity contribution in [3.8, 4) is 0 Å². The second-order valence-corrected chi connectivity index (χ2v) is 6.59. The minimum Gasteiger partial charge on any atom is -0.277 e. The van der Waals surface area contributed by atoms with E-state index in [4.69, 9.17) is 11.6 Å². The Morgan fingerprint density at radius 2 is 2.14 bits per heavy atom. The lowest BCUT2D eigenvalue weighted by Gasteiger charge is -2.09. The first-order valence-electron chi connectivity index (χ1n) is 5.24. The topological polar surface area (TPSA) is 120 Å². The van der Waals surface area contributed by atoms with Crippen LogP contribution in [0.25, 0.3) is 0 Å². The quantitative estimate of drug-likeness (QED) is 0.623. The van der Waals surface area contributed by atoms with Gasteiger partial charge in [0, 0.05) is 19.2 Å². The maximum absolute atomic E-state index is 12.3. The second-order valence-electron chi connectivity index (χ2n) is 3.84. The zero-order valence-corrected chi connectivity index (χ0v) is 13.5. The van der Waals surface area contributed by atoms with Gasteiger partial charge in [0.2, 0.25) is 5.03 Å². The molecule has 21 heavy (non-hydrogen) atoms. The van der Waals surface area contributed by atoms with Crippen molar-refractivity contribution in [3.05, 3.63) is 37.9 Å². The van der Waals surface area contributed by atoms with Crippen molar-refractivity contribution in [2.75, 3.05) is 4.72 Å². The van der Waals surface area contributed by atoms with Gasteiger partial charge in [-0.2, -0.15) is 8.42 Å². The normalized spacial score (nSPS) is 11.4. The molecule has 12 heteroatoms. The Morgan fingerprint density at radius 3 is 2.67 bits per heavy atom. The van der Waals surface area contributed by atoms with Crippen LogP contribution in [-0.2, 0) is 17.1 Å². The molecule has 9 nitrogen and oxygen atoms in total. The highest BCUT2D eigenvalue weighted by Gasteiger charge is 2.25. The molecule has 1 aromatic carbocycles. The van der Waals surface area contributed by atoms with E-state index in [1.165, 1.54) is 19.2 Å². The molecule has 0 unspecified atom stereocenters. The number of aryl methyl sites for hydroxylation is 1. The van der Waals surface area contributed by atoms with Crippen LogP contribution in [0.15, 0.2) is 27.8 Å². The van der Waals surface area contributed by atoms with Crippen LogP contribution in [0, 0.1) is 10.1 Å². The molecule has 2 rings (SSSR count). The van der Waals surface area contributed by atoms with Crippen molar-refractivity contribution in [1.29, 1.82) is 0 Å². The van der Waals surface area contributed by atoms with Crippen LogP contribution in [0.5, 0.6) is 0 Å². The molecular formula is C9H7BrClN5O4S. The molecule has 0 saturated heterocycles. The highest BCUT2D eigenvalue weighted by atomic mass is 79.9. The lowest BCUT2D eigenvalue weighted by atomic mass is 10.3. The van der Waals surface area contributed by atoms with Gasteiger partial charge in [0.05, 0.1) is 15.6 Å². The number of hydrogen-bond donors (Lipinski definition) is 1. The lowest BCUT2D eigenvalue weighted by Crippen LogP contribution is -2.17. The summed E-state index contributed by atoms with van der Waals surface area (Å²) in [6.45, 7) is 0. The van der Waals surface area contributed by atoms with Gasteiger partial charge in [-0.3, -0.25) is 14.8 Å². The van der Waals surface area contributed by atoms with Gasteiger partial charge in [-0.25, -0.2) is 4.68 Å². The Balaban J connectivity index is 2.46. The molecule has 0 radical (unpaired) electrons. The molecule has 0 amide bonds. The molecule has 0 saturated carbocycles. The van der Waals surface area contributed by atoms with Crippen molar-refractivity contribution >= 4 is 48.9 Å². The number of nitrogens with zero attached hydrogens (tertiary/aromatic N) is 4. The maximum atomic E-state index is 12.3. The number of benzene rings is 1. The van der Waals surface area contributed by atoms with Crippen LogP contribution in [0.1, 0.15) is 0 Å². The van der Waals surface area contributed by atoms with Crippen LogP contribution in [0.4, 0.5) is 11.4 Å². The Labute approximate surface area is 132 Å². The van der Waals surface area contributed by atoms with Crippen molar-refractivity contribution in [3.63, 3.8) is 0 Å². The van der Waals surface area contributed by atoms with Gasteiger partial charge in [0.25, 0.3) is 15.7 Å². The first-order valence-corrected chi connectivity index (χ1v) is 7.89. The van der Waals surface area contributed by atoms with Gasteiger partial charge in [0.15, 0.2) is 4.60 Å². The predicted octanol–water partition coefficient (Wildman–Crippen LogP) is 1.94. The van der Waals surface area contributed by atoms with Crippen molar-refractivity contribution < 1.29 is 13.3 Å². The zero-order chi connectivity index (χ0) is 15.8. The van der Waals surface area contributed by atoms with Crippen LogP contribution in [0.3, 0.4) is 0 Å². The summed E-state index contributed by atoms with van der Waals surface area (Å²) in [5.41, 5.74) is -0.404. The van der Waals surface area contributed by atoms with E-state index < -0.39 is 14.9 Å². The van der Waals surface area contributed by atoms with E-state index in [0.29, 0.717) is 0 Å². The van der Waals surface area contributed by atoms with E-state index >= 15 is 0 Å². The summed E-state index contributed by atoms with van der Waals surface area (Å²) in [5.74, 6) is 0. The standard InChI is InChI=1S/C9H7BrClN5O4S/c1-15-9(8(10)12-14-15)21(19,20)13-7-4-5(16(17)18)2-3-6(7)11/h2-4,13H,1H3. The smallest absolute Gasteiger partial charge is 0.277 e. The molecule has 0 fully saturated rings. The van der Waals surface area contributed by atoms with Crippen molar-refractivity contribution in [2.45, 2.75) is 5.03 Å². The minimum atomic E-state index is -4.06. The fourth-order valence-corrected chi connectivity index (χ4v) is 3.90. The molecule has 2 aromatic rings. The average molecular weight is 397 g/mol. The number of aromatic nitrogens is 3. The van der Waals surface area contributed by atoms with Crippen LogP contribution in [0.2, 0.25) is 5.02 Å². The van der Waals surface area contributed by atoms with E-state index in [1.54, 1.807) is 0 Å². The van der Waals surface area contributed by atoms with Crippen molar-refractivity contribution in [2.24, 2.45) is 7.05 Å². The van der Waals surface area contributed by atoms with Gasteiger partial charge < -0.3 is 0 Å². The summed E-state index contributed by atoms with van der Waals surface area (Å²) in [4.78, 5) is 10.1. The number of rotatable bonds is 4. The number of anilines is 1. The highest BCUT2D eigenvalue weighted by molar-refractivity contribution is 9.10. The second kappa shape index (κ2) is 5.58. The zero-order valence-electron chi connectivity index (χ0n) is 10.3. The number of halogens is 2. The Hall–Kier alpha value is -1.72. The summed E-state index contributed by atoms with van der Waals surface area (Å²) < 4.78 is 27.8. The van der Waals surface area contributed by atoms with Crippen LogP contribution < -0.4 is 4.72 Å². The molecule has 0 aliphatic heterocycles. The minimum absolute atomic E-state index is 0.0130. The Morgan fingerprint density at radius 1 is 1.48 bits per heavy atom. The maximum Gasteiger partial charge on any atom is 0.281 e. The molecular weight excluding hydrogens is 390 g/mol. The summed E-state index contributed by atoms with van der Waals surface area (Å²) in [6.07, 6.45) is 0. The number of sulfonamides is 1. The molecule has 1 N–H and O–H groups in total. The number of non-ortho nitro benzene ring substituents is 1. The SMILES string of the molecule is Cn1nnc(Br)c1S(=O)(=O)Nc1cc([N+](=O)[O-])ccc1Cl. The largest absolute Gasteiger partial charge is 0.281 e. The third kappa shape index (κ3) is 3.14. The van der Waals surface area contributed by atoms with Gasteiger partial charge in [-0.1, -0.05) is 16.8 Å². The van der Waals surface area contributed by atoms with Crippen molar-refractivity contribution in [1.82, 2.24) is 15.0 Å². The first kappa shape index (κ1) is 15.7. The van der Waals surface area contributed by atoms with Gasteiger partial charge in [-0.15, -0.1) is 5.10 Å². The molecule has 0 atom stereocenters. The molecule has 112 valence electrons. The van der Waals surface area contributed by atoms with Gasteiger partial charge in [-0.05, 0) is 22.0 Å². The Kier molecular flexibility index (Phi) is 4.16. The number of nitro benzene ring substituents is 1. The fraction of sp³-hybridized carbons (Fsp3) is 0.111. The highest BCUT2D eigenvalue weighted by Crippen LogP contribution is 2.29. The molecule has 1 heterocycles. The van der Waals surface area contributed by atoms with E-state index in [1.807, 2.05) is 0 Å². The summed E-state index contributed by atoms with van der Waals surface area (Å²) >= 11 is 8.82. The third-order valence-corrected chi connectivity index (χ3v) is 4.98. The fourth-order valence-electron chi connectivity index (χ4n) is 1.51. The summed E-state index contributed by atoms with van der Waals surface area (Å²) in [6, 6.07) is 3.42. The van der Waals surface area contributed by atoms with Crippen LogP contribution >= 0.6 is 27.5 Å². The van der Waals surface area contributed by atoms with E-state index in [-0.39, 0.29) is 26.0 Å². The first-order chi connectivity index (χ1) is 9.72. The molecule has 0 aliphatic rings. The number of nitrogens with one attached hydrogen (secondary N) is 1. The van der Waals surface area contributed by atoms with E-state index in [9.17, 15) is 18.5 Å².